The van der Waals surface area contributed by atoms with Crippen LogP contribution in [0.5, 0.6) is 17.2 Å². The first-order valence-electron chi connectivity index (χ1n) is 7.75. The summed E-state index contributed by atoms with van der Waals surface area (Å²) in [4.78, 5) is 12.3. The van der Waals surface area contributed by atoms with Crippen molar-refractivity contribution in [3.05, 3.63) is 17.7 Å². The van der Waals surface area contributed by atoms with Crippen LogP contribution in [0.25, 0.3) is 0 Å². The second kappa shape index (κ2) is 6.46. The highest BCUT2D eigenvalue weighted by Gasteiger charge is 2.33. The fourth-order valence-corrected chi connectivity index (χ4v) is 3.18. The Bertz CT molecular complexity index is 529. The standard InChI is InChI=1S/C17H24O5/c1-9(2)12-5-4-10(3)6-15(12)22-17(21)11-7-13(18)16(20)14(19)8-11/h7-10,12,15,18-20H,4-6H2,1-3H3. The molecule has 122 valence electrons. The summed E-state index contributed by atoms with van der Waals surface area (Å²) in [7, 11) is 0. The van der Waals surface area contributed by atoms with E-state index in [2.05, 4.69) is 20.8 Å². The molecule has 1 aromatic rings. The first kappa shape index (κ1) is 16.5. The lowest BCUT2D eigenvalue weighted by Crippen LogP contribution is -2.35. The Morgan fingerprint density at radius 3 is 2.32 bits per heavy atom. The van der Waals surface area contributed by atoms with Gasteiger partial charge in [-0.1, -0.05) is 27.2 Å². The summed E-state index contributed by atoms with van der Waals surface area (Å²) >= 11 is 0. The van der Waals surface area contributed by atoms with E-state index in [1.54, 1.807) is 0 Å². The number of benzene rings is 1. The van der Waals surface area contributed by atoms with Crippen LogP contribution in [0.2, 0.25) is 0 Å². The van der Waals surface area contributed by atoms with Crippen LogP contribution in [-0.2, 0) is 4.74 Å². The Kier molecular flexibility index (Phi) is 4.84. The largest absolute Gasteiger partial charge is 0.504 e. The fraction of sp³-hybridized carbons (Fsp3) is 0.588. The Morgan fingerprint density at radius 2 is 1.77 bits per heavy atom. The molecule has 1 saturated carbocycles. The zero-order valence-corrected chi connectivity index (χ0v) is 13.2. The normalized spacial score (nSPS) is 25.2. The molecule has 3 N–H and O–H groups in total. The molecule has 2 rings (SSSR count). The second-order valence-corrected chi connectivity index (χ2v) is 6.63. The first-order chi connectivity index (χ1) is 10.3. The van der Waals surface area contributed by atoms with E-state index in [-0.39, 0.29) is 11.7 Å². The summed E-state index contributed by atoms with van der Waals surface area (Å²) in [6.45, 7) is 6.40. The van der Waals surface area contributed by atoms with E-state index in [1.807, 2.05) is 0 Å². The third kappa shape index (κ3) is 3.46. The molecule has 1 aliphatic carbocycles. The fourth-order valence-electron chi connectivity index (χ4n) is 3.18. The molecule has 0 amide bonds. The summed E-state index contributed by atoms with van der Waals surface area (Å²) in [5.74, 6) is -1.05. The molecule has 3 atom stereocenters. The van der Waals surface area contributed by atoms with Gasteiger partial charge in [0.15, 0.2) is 17.2 Å². The number of ether oxygens (including phenoxy) is 1. The van der Waals surface area contributed by atoms with E-state index in [0.29, 0.717) is 17.8 Å². The Morgan fingerprint density at radius 1 is 1.18 bits per heavy atom. The van der Waals surface area contributed by atoms with Gasteiger partial charge in [0.1, 0.15) is 6.10 Å². The molecule has 0 heterocycles. The van der Waals surface area contributed by atoms with E-state index in [1.165, 1.54) is 0 Å². The molecular weight excluding hydrogens is 284 g/mol. The number of carbonyl (C=O) groups excluding carboxylic acids is 1. The molecule has 1 aromatic carbocycles. The minimum Gasteiger partial charge on any atom is -0.504 e. The Balaban J connectivity index is 2.16. The van der Waals surface area contributed by atoms with Gasteiger partial charge in [-0.05, 0) is 42.7 Å². The molecule has 0 spiro atoms. The highest BCUT2D eigenvalue weighted by Crippen LogP contribution is 2.38. The minimum atomic E-state index is -0.636. The lowest BCUT2D eigenvalue weighted by molar-refractivity contribution is -0.0174. The molecule has 5 heteroatoms. The minimum absolute atomic E-state index is 0.0357. The van der Waals surface area contributed by atoms with Gasteiger partial charge in [0.25, 0.3) is 0 Å². The maximum Gasteiger partial charge on any atom is 0.338 e. The van der Waals surface area contributed by atoms with Gasteiger partial charge in [-0.15, -0.1) is 0 Å². The van der Waals surface area contributed by atoms with E-state index < -0.39 is 23.2 Å². The zero-order chi connectivity index (χ0) is 16.4. The monoisotopic (exact) mass is 308 g/mol. The number of hydrogen-bond donors (Lipinski definition) is 3. The number of carbonyl (C=O) groups is 1. The van der Waals surface area contributed by atoms with E-state index in [4.69, 9.17) is 4.74 Å². The quantitative estimate of drug-likeness (QED) is 0.588. The molecule has 0 aliphatic heterocycles. The molecule has 0 radical (unpaired) electrons. The van der Waals surface area contributed by atoms with Crippen LogP contribution < -0.4 is 0 Å². The van der Waals surface area contributed by atoms with E-state index >= 15 is 0 Å². The highest BCUT2D eigenvalue weighted by molar-refractivity contribution is 5.91. The third-order valence-corrected chi connectivity index (χ3v) is 4.53. The van der Waals surface area contributed by atoms with Crippen molar-refractivity contribution in [2.24, 2.45) is 17.8 Å². The lowest BCUT2D eigenvalue weighted by atomic mass is 9.75. The average Bonchev–Trinajstić information content (AvgIpc) is 2.43. The number of rotatable bonds is 3. The number of aromatic hydroxyl groups is 3. The second-order valence-electron chi connectivity index (χ2n) is 6.63. The van der Waals surface area contributed by atoms with Crippen molar-refractivity contribution >= 4 is 5.97 Å². The van der Waals surface area contributed by atoms with Crippen molar-refractivity contribution in [1.82, 2.24) is 0 Å². The number of phenolic OH excluding ortho intramolecular Hbond substituents is 3. The molecule has 5 nitrogen and oxygen atoms in total. The molecule has 0 bridgehead atoms. The van der Waals surface area contributed by atoms with E-state index in [0.717, 1.165) is 31.4 Å². The van der Waals surface area contributed by atoms with Gasteiger partial charge in [0, 0.05) is 0 Å². The van der Waals surface area contributed by atoms with Gasteiger partial charge in [-0.3, -0.25) is 0 Å². The predicted molar refractivity (Wildman–Crippen MR) is 82.0 cm³/mol. The molecule has 0 saturated heterocycles. The van der Waals surface area contributed by atoms with Crippen LogP contribution in [0.3, 0.4) is 0 Å². The van der Waals surface area contributed by atoms with E-state index in [9.17, 15) is 20.1 Å². The van der Waals surface area contributed by atoms with Crippen molar-refractivity contribution in [3.63, 3.8) is 0 Å². The Labute approximate surface area is 130 Å². The smallest absolute Gasteiger partial charge is 0.338 e. The summed E-state index contributed by atoms with van der Waals surface area (Å²) in [5.41, 5.74) is 0.0357. The predicted octanol–water partition coefficient (Wildman–Crippen LogP) is 3.42. The van der Waals surface area contributed by atoms with Crippen molar-refractivity contribution < 1.29 is 24.9 Å². The van der Waals surface area contributed by atoms with Crippen molar-refractivity contribution in [2.45, 2.75) is 46.1 Å². The number of hydrogen-bond acceptors (Lipinski definition) is 5. The highest BCUT2D eigenvalue weighted by atomic mass is 16.5. The van der Waals surface area contributed by atoms with Gasteiger partial charge in [0.05, 0.1) is 5.56 Å². The van der Waals surface area contributed by atoms with Crippen LogP contribution in [-0.4, -0.2) is 27.4 Å². The van der Waals surface area contributed by atoms with Gasteiger partial charge in [0.2, 0.25) is 0 Å². The Hall–Kier alpha value is -1.91. The topological polar surface area (TPSA) is 87.0 Å². The summed E-state index contributed by atoms with van der Waals surface area (Å²) in [6.07, 6.45) is 2.83. The molecule has 22 heavy (non-hydrogen) atoms. The van der Waals surface area contributed by atoms with Crippen LogP contribution in [0.15, 0.2) is 12.1 Å². The molecule has 0 aromatic heterocycles. The maximum absolute atomic E-state index is 12.3. The molecule has 3 unspecified atom stereocenters. The maximum atomic E-state index is 12.3. The van der Waals surface area contributed by atoms with Crippen molar-refractivity contribution in [1.29, 1.82) is 0 Å². The number of esters is 1. The summed E-state index contributed by atoms with van der Waals surface area (Å²) < 4.78 is 5.63. The van der Waals surface area contributed by atoms with Gasteiger partial charge in [-0.2, -0.15) is 0 Å². The SMILES string of the molecule is CC1CCC(C(C)C)C(OC(=O)c2cc(O)c(O)c(O)c2)C1. The van der Waals surface area contributed by atoms with Crippen LogP contribution in [0, 0.1) is 17.8 Å². The summed E-state index contributed by atoms with van der Waals surface area (Å²) in [5, 5.41) is 28.3. The van der Waals surface area contributed by atoms with Crippen LogP contribution >= 0.6 is 0 Å². The first-order valence-corrected chi connectivity index (χ1v) is 7.75. The third-order valence-electron chi connectivity index (χ3n) is 4.53. The lowest BCUT2D eigenvalue weighted by Gasteiger charge is -2.36. The van der Waals surface area contributed by atoms with Crippen LogP contribution in [0.1, 0.15) is 50.4 Å². The number of phenols is 3. The average molecular weight is 308 g/mol. The van der Waals surface area contributed by atoms with Crippen molar-refractivity contribution in [3.8, 4) is 17.2 Å². The summed E-state index contributed by atoms with van der Waals surface area (Å²) in [6, 6.07) is 2.21. The van der Waals surface area contributed by atoms with Crippen LogP contribution in [0.4, 0.5) is 0 Å². The van der Waals surface area contributed by atoms with Gasteiger partial charge < -0.3 is 20.1 Å². The van der Waals surface area contributed by atoms with Gasteiger partial charge in [-0.25, -0.2) is 4.79 Å². The molecular formula is C17H24O5. The molecule has 1 fully saturated rings. The van der Waals surface area contributed by atoms with Crippen molar-refractivity contribution in [2.75, 3.05) is 0 Å². The molecule has 1 aliphatic rings. The van der Waals surface area contributed by atoms with Gasteiger partial charge >= 0.3 is 5.97 Å². The zero-order valence-electron chi connectivity index (χ0n) is 13.2.